The van der Waals surface area contributed by atoms with Crippen LogP contribution in [0, 0.1) is 22.7 Å². The highest BCUT2D eigenvalue weighted by Crippen LogP contribution is 2.09. The van der Waals surface area contributed by atoms with Crippen molar-refractivity contribution in [1.29, 1.82) is 10.5 Å². The fourth-order valence-electron chi connectivity index (χ4n) is 2.67. The molecule has 2 heterocycles. The van der Waals surface area contributed by atoms with Crippen LogP contribution in [0.2, 0.25) is 0 Å². The number of hydrogen-bond acceptors (Lipinski definition) is 6. The minimum Gasteiger partial charge on any atom is -0.377 e. The molecule has 0 aliphatic carbocycles. The summed E-state index contributed by atoms with van der Waals surface area (Å²) < 4.78 is 0. The lowest BCUT2D eigenvalue weighted by Gasteiger charge is -1.94. The number of pyridine rings is 2. The average molecular weight is 565 g/mol. The maximum Gasteiger partial charge on any atom is 0.160 e. The van der Waals surface area contributed by atoms with Gasteiger partial charge in [0.15, 0.2) is 10.2 Å². The number of benzene rings is 2. The third-order valence-electron chi connectivity index (χ3n) is 4.43. The van der Waals surface area contributed by atoms with Crippen molar-refractivity contribution in [3.05, 3.63) is 131 Å². The van der Waals surface area contributed by atoms with Crippen molar-refractivity contribution in [2.24, 2.45) is 22.9 Å². The zero-order valence-corrected chi connectivity index (χ0v) is 23.1. The van der Waals surface area contributed by atoms with Crippen LogP contribution in [-0.4, -0.2) is 20.2 Å². The van der Waals surface area contributed by atoms with Crippen molar-refractivity contribution < 1.29 is 0 Å². The first kappa shape index (κ1) is 32.6. The molecule has 8 nitrogen and oxygen atoms in total. The molecule has 40 heavy (non-hydrogen) atoms. The molecular formula is C30H28N8S2. The molecule has 0 saturated heterocycles. The van der Waals surface area contributed by atoms with Crippen LogP contribution < -0.4 is 22.9 Å². The molecule has 2 aromatic carbocycles. The molecule has 4 rings (SSSR count). The van der Waals surface area contributed by atoms with E-state index in [0.29, 0.717) is 11.1 Å². The highest BCUT2D eigenvalue weighted by atomic mass is 32.1. The summed E-state index contributed by atoms with van der Waals surface area (Å²) in [6.45, 7) is 0. The number of nitrogens with two attached hydrogens (primary N) is 4. The second-order valence-corrected chi connectivity index (χ2v) is 8.44. The van der Waals surface area contributed by atoms with E-state index in [-0.39, 0.29) is 10.2 Å². The maximum absolute atomic E-state index is 8.66. The normalized spacial score (nSPS) is 9.35. The molecular weight excluding hydrogens is 537 g/mol. The highest BCUT2D eigenvalue weighted by molar-refractivity contribution is 7.80. The van der Waals surface area contributed by atoms with Gasteiger partial charge in [0.1, 0.15) is 0 Å². The van der Waals surface area contributed by atoms with E-state index < -0.39 is 0 Å². The summed E-state index contributed by atoms with van der Waals surface area (Å²) >= 11 is 8.19. The Balaban J connectivity index is 0.000000317. The van der Waals surface area contributed by atoms with Gasteiger partial charge >= 0.3 is 0 Å². The Hall–Kier alpha value is -5.42. The SMILES string of the molecule is N#Cc1ccc(/C=C/c2ccncc2)cc1.N#Cc1ccc(/C=C/c2ccncc2)cc1.NC(N)=S.NC(N)=S. The molecule has 8 N–H and O–H groups in total. The van der Waals surface area contributed by atoms with Gasteiger partial charge in [0.25, 0.3) is 0 Å². The lowest BCUT2D eigenvalue weighted by molar-refractivity contribution is 1.32. The van der Waals surface area contributed by atoms with Crippen molar-refractivity contribution in [1.82, 2.24) is 9.97 Å². The molecule has 4 aromatic rings. The first-order chi connectivity index (χ1) is 19.2. The van der Waals surface area contributed by atoms with Crippen LogP contribution in [0.15, 0.2) is 97.6 Å². The molecule has 0 saturated carbocycles. The Morgan fingerprint density at radius 2 is 0.725 bits per heavy atom. The van der Waals surface area contributed by atoms with Gasteiger partial charge in [0.2, 0.25) is 0 Å². The average Bonchev–Trinajstić information content (AvgIpc) is 2.96. The van der Waals surface area contributed by atoms with Crippen LogP contribution in [0.4, 0.5) is 0 Å². The summed E-state index contributed by atoms with van der Waals surface area (Å²) in [5.41, 5.74) is 24.2. The molecule has 0 radical (unpaired) electrons. The van der Waals surface area contributed by atoms with Crippen molar-refractivity contribution in [3.63, 3.8) is 0 Å². The molecule has 10 heteroatoms. The summed E-state index contributed by atoms with van der Waals surface area (Å²) in [5, 5.41) is 17.3. The zero-order chi connectivity index (χ0) is 29.6. The van der Waals surface area contributed by atoms with Crippen molar-refractivity contribution in [3.8, 4) is 12.1 Å². The standard InChI is InChI=1S/2C14H10N2.2CH4N2S/c2*15-11-14-5-3-12(4-6-14)1-2-13-7-9-16-10-8-13;2*2-1(3)4/h2*1-10H;2*(H4,2,3,4)/b2*2-1+;;. The number of rotatable bonds is 4. The van der Waals surface area contributed by atoms with Gasteiger partial charge in [-0.15, -0.1) is 0 Å². The van der Waals surface area contributed by atoms with Crippen LogP contribution in [0.3, 0.4) is 0 Å². The molecule has 0 aliphatic rings. The Bertz CT molecular complexity index is 1330. The number of hydrogen-bond donors (Lipinski definition) is 4. The first-order valence-electron chi connectivity index (χ1n) is 11.5. The summed E-state index contributed by atoms with van der Waals surface area (Å²) in [6, 6.07) is 26.9. The molecule has 200 valence electrons. The van der Waals surface area contributed by atoms with E-state index in [1.165, 1.54) is 0 Å². The lowest BCUT2D eigenvalue weighted by atomic mass is 10.1. The molecule has 0 aliphatic heterocycles. The van der Waals surface area contributed by atoms with Gasteiger partial charge in [-0.3, -0.25) is 9.97 Å². The van der Waals surface area contributed by atoms with Crippen LogP contribution >= 0.6 is 24.4 Å². The molecule has 0 amide bonds. The molecule has 0 fully saturated rings. The summed E-state index contributed by atoms with van der Waals surface area (Å²) in [7, 11) is 0. The predicted octanol–water partition coefficient (Wildman–Crippen LogP) is 4.62. The third kappa shape index (κ3) is 16.3. The molecule has 0 unspecified atom stereocenters. The smallest absolute Gasteiger partial charge is 0.160 e. The number of nitriles is 2. The molecule has 0 spiro atoms. The maximum atomic E-state index is 8.66. The zero-order valence-electron chi connectivity index (χ0n) is 21.5. The monoisotopic (exact) mass is 564 g/mol. The lowest BCUT2D eigenvalue weighted by Crippen LogP contribution is -2.18. The largest absolute Gasteiger partial charge is 0.377 e. The van der Waals surface area contributed by atoms with Crippen molar-refractivity contribution >= 4 is 59.0 Å². The van der Waals surface area contributed by atoms with E-state index in [2.05, 4.69) is 69.5 Å². The molecule has 2 aromatic heterocycles. The first-order valence-corrected chi connectivity index (χ1v) is 12.3. The fourth-order valence-corrected chi connectivity index (χ4v) is 2.67. The Morgan fingerprint density at radius 3 is 0.950 bits per heavy atom. The third-order valence-corrected chi connectivity index (χ3v) is 4.43. The highest BCUT2D eigenvalue weighted by Gasteiger charge is 1.91. The number of aromatic nitrogens is 2. The van der Waals surface area contributed by atoms with Gasteiger partial charge in [-0.1, -0.05) is 48.6 Å². The van der Waals surface area contributed by atoms with E-state index >= 15 is 0 Å². The van der Waals surface area contributed by atoms with E-state index in [0.717, 1.165) is 22.3 Å². The molecule has 0 atom stereocenters. The van der Waals surface area contributed by atoms with E-state index in [1.807, 2.05) is 97.1 Å². The van der Waals surface area contributed by atoms with Gasteiger partial charge in [-0.25, -0.2) is 0 Å². The van der Waals surface area contributed by atoms with Crippen LogP contribution in [0.5, 0.6) is 0 Å². The van der Waals surface area contributed by atoms with E-state index in [1.54, 1.807) is 24.8 Å². The summed E-state index contributed by atoms with van der Waals surface area (Å²) in [5.74, 6) is 0. The topological polar surface area (TPSA) is 177 Å². The summed E-state index contributed by atoms with van der Waals surface area (Å²) in [6.07, 6.45) is 15.1. The second-order valence-electron chi connectivity index (χ2n) is 7.50. The summed E-state index contributed by atoms with van der Waals surface area (Å²) in [4.78, 5) is 7.91. The van der Waals surface area contributed by atoms with E-state index in [9.17, 15) is 0 Å². The molecule has 0 bridgehead atoms. The Labute approximate surface area is 244 Å². The van der Waals surface area contributed by atoms with Gasteiger partial charge in [0.05, 0.1) is 23.3 Å². The Morgan fingerprint density at radius 1 is 0.500 bits per heavy atom. The minimum atomic E-state index is 0.000000000000000222. The minimum absolute atomic E-state index is 0.000000000000000222. The Kier molecular flexibility index (Phi) is 16.0. The van der Waals surface area contributed by atoms with Crippen LogP contribution in [0.25, 0.3) is 24.3 Å². The van der Waals surface area contributed by atoms with Gasteiger partial charge in [-0.2, -0.15) is 10.5 Å². The predicted molar refractivity (Wildman–Crippen MR) is 171 cm³/mol. The van der Waals surface area contributed by atoms with Gasteiger partial charge in [-0.05, 0) is 95.2 Å². The van der Waals surface area contributed by atoms with Crippen LogP contribution in [-0.2, 0) is 0 Å². The second kappa shape index (κ2) is 19.7. The fraction of sp³-hybridized carbons (Fsp3) is 0. The van der Waals surface area contributed by atoms with Gasteiger partial charge in [0, 0.05) is 24.8 Å². The van der Waals surface area contributed by atoms with Crippen molar-refractivity contribution in [2.75, 3.05) is 0 Å². The number of thiocarbonyl (C=S) groups is 2. The van der Waals surface area contributed by atoms with Gasteiger partial charge < -0.3 is 22.9 Å². The quantitative estimate of drug-likeness (QED) is 0.256. The number of nitrogens with zero attached hydrogens (tertiary/aromatic N) is 4. The van der Waals surface area contributed by atoms with E-state index in [4.69, 9.17) is 10.5 Å². The van der Waals surface area contributed by atoms with Crippen LogP contribution in [0.1, 0.15) is 33.4 Å². The van der Waals surface area contributed by atoms with Crippen molar-refractivity contribution in [2.45, 2.75) is 0 Å².